The number of nitrogens with zero attached hydrogens (tertiary/aromatic N) is 1. The van der Waals surface area contributed by atoms with E-state index in [9.17, 15) is 5.11 Å². The second-order valence-electron chi connectivity index (χ2n) is 5.03. The van der Waals surface area contributed by atoms with Crippen molar-refractivity contribution in [1.29, 1.82) is 0 Å². The van der Waals surface area contributed by atoms with E-state index in [0.29, 0.717) is 18.7 Å². The van der Waals surface area contributed by atoms with Gasteiger partial charge in [0.1, 0.15) is 5.82 Å². The van der Waals surface area contributed by atoms with Crippen molar-refractivity contribution in [3.63, 3.8) is 0 Å². The zero-order chi connectivity index (χ0) is 13.8. The third kappa shape index (κ3) is 3.55. The van der Waals surface area contributed by atoms with Crippen LogP contribution in [-0.4, -0.2) is 16.2 Å². The number of aryl methyl sites for hydroxylation is 2. The Balaban J connectivity index is 2.03. The molecule has 100 valence electrons. The van der Waals surface area contributed by atoms with E-state index >= 15 is 0 Å². The molecule has 0 saturated heterocycles. The summed E-state index contributed by atoms with van der Waals surface area (Å²) >= 11 is 0. The predicted molar refractivity (Wildman–Crippen MR) is 78.0 cm³/mol. The Morgan fingerprint density at radius 3 is 2.63 bits per heavy atom. The normalized spacial score (nSPS) is 12.4. The van der Waals surface area contributed by atoms with E-state index in [2.05, 4.69) is 37.0 Å². The quantitative estimate of drug-likeness (QED) is 0.883. The molecule has 1 atom stereocenters. The SMILES string of the molecule is Cc1ccc(CC(O)Cc2cccnc2N)cc1C. The number of benzene rings is 1. The maximum Gasteiger partial charge on any atom is 0.126 e. The lowest BCUT2D eigenvalue weighted by molar-refractivity contribution is 0.175. The van der Waals surface area contributed by atoms with Crippen molar-refractivity contribution in [2.75, 3.05) is 5.73 Å². The Morgan fingerprint density at radius 2 is 1.95 bits per heavy atom. The van der Waals surface area contributed by atoms with Crippen LogP contribution in [0.2, 0.25) is 0 Å². The molecule has 0 aliphatic rings. The predicted octanol–water partition coefficient (Wildman–Crippen LogP) is 2.43. The van der Waals surface area contributed by atoms with Crippen molar-refractivity contribution < 1.29 is 5.11 Å². The summed E-state index contributed by atoms with van der Waals surface area (Å²) in [7, 11) is 0. The minimum Gasteiger partial charge on any atom is -0.392 e. The number of aromatic nitrogens is 1. The van der Waals surface area contributed by atoms with E-state index < -0.39 is 6.10 Å². The van der Waals surface area contributed by atoms with Gasteiger partial charge in [0.25, 0.3) is 0 Å². The van der Waals surface area contributed by atoms with E-state index in [1.54, 1.807) is 6.20 Å². The van der Waals surface area contributed by atoms with Crippen LogP contribution in [0.1, 0.15) is 22.3 Å². The third-order valence-corrected chi connectivity index (χ3v) is 3.42. The third-order valence-electron chi connectivity index (χ3n) is 3.42. The second kappa shape index (κ2) is 5.85. The van der Waals surface area contributed by atoms with Crippen molar-refractivity contribution in [3.8, 4) is 0 Å². The Labute approximate surface area is 114 Å². The standard InChI is InChI=1S/C16H20N2O/c1-11-5-6-13(8-12(11)2)9-15(19)10-14-4-3-7-18-16(14)17/h3-8,15,19H,9-10H2,1-2H3,(H2,17,18). The van der Waals surface area contributed by atoms with Gasteiger partial charge in [0.05, 0.1) is 6.10 Å². The molecule has 0 aliphatic carbocycles. The van der Waals surface area contributed by atoms with Gasteiger partial charge < -0.3 is 10.8 Å². The molecule has 0 radical (unpaired) electrons. The maximum absolute atomic E-state index is 10.2. The van der Waals surface area contributed by atoms with Crippen LogP contribution in [0, 0.1) is 13.8 Å². The summed E-state index contributed by atoms with van der Waals surface area (Å²) in [5.74, 6) is 0.502. The monoisotopic (exact) mass is 256 g/mol. The summed E-state index contributed by atoms with van der Waals surface area (Å²) in [6.45, 7) is 4.18. The highest BCUT2D eigenvalue weighted by atomic mass is 16.3. The number of hydrogen-bond donors (Lipinski definition) is 2. The van der Waals surface area contributed by atoms with Crippen molar-refractivity contribution in [2.24, 2.45) is 0 Å². The molecule has 3 N–H and O–H groups in total. The van der Waals surface area contributed by atoms with Crippen LogP contribution in [0.3, 0.4) is 0 Å². The van der Waals surface area contributed by atoms with E-state index in [4.69, 9.17) is 5.73 Å². The van der Waals surface area contributed by atoms with Gasteiger partial charge in [-0.2, -0.15) is 0 Å². The van der Waals surface area contributed by atoms with Gasteiger partial charge in [-0.15, -0.1) is 0 Å². The second-order valence-corrected chi connectivity index (χ2v) is 5.03. The topological polar surface area (TPSA) is 59.1 Å². The summed E-state index contributed by atoms with van der Waals surface area (Å²) in [5.41, 5.74) is 10.4. The van der Waals surface area contributed by atoms with Crippen LogP contribution in [0.5, 0.6) is 0 Å². The Hall–Kier alpha value is -1.87. The van der Waals surface area contributed by atoms with Crippen LogP contribution in [-0.2, 0) is 12.8 Å². The van der Waals surface area contributed by atoms with Crippen LogP contribution < -0.4 is 5.73 Å². The smallest absolute Gasteiger partial charge is 0.126 e. The molecule has 0 spiro atoms. The van der Waals surface area contributed by atoms with E-state index in [1.165, 1.54) is 11.1 Å². The van der Waals surface area contributed by atoms with Crippen molar-refractivity contribution in [2.45, 2.75) is 32.8 Å². The van der Waals surface area contributed by atoms with Crippen molar-refractivity contribution in [3.05, 3.63) is 58.8 Å². The van der Waals surface area contributed by atoms with Gasteiger partial charge >= 0.3 is 0 Å². The van der Waals surface area contributed by atoms with Gasteiger partial charge in [-0.25, -0.2) is 4.98 Å². The highest BCUT2D eigenvalue weighted by molar-refractivity contribution is 5.39. The lowest BCUT2D eigenvalue weighted by Crippen LogP contribution is -2.15. The molecule has 1 unspecified atom stereocenters. The number of aliphatic hydroxyl groups is 1. The first kappa shape index (κ1) is 13.6. The summed E-state index contributed by atoms with van der Waals surface area (Å²) in [4.78, 5) is 4.03. The van der Waals surface area contributed by atoms with E-state index in [1.807, 2.05) is 12.1 Å². The Bertz CT molecular complexity index is 566. The molecule has 1 aromatic carbocycles. The first-order chi connectivity index (χ1) is 9.06. The number of nitrogens with two attached hydrogens (primary N) is 1. The molecule has 3 nitrogen and oxygen atoms in total. The van der Waals surface area contributed by atoms with Crippen LogP contribution in [0.15, 0.2) is 36.5 Å². The number of anilines is 1. The van der Waals surface area contributed by atoms with E-state index in [0.717, 1.165) is 11.1 Å². The fourth-order valence-corrected chi connectivity index (χ4v) is 2.15. The first-order valence-electron chi connectivity index (χ1n) is 6.50. The van der Waals surface area contributed by atoms with Crippen LogP contribution >= 0.6 is 0 Å². The number of nitrogen functional groups attached to an aromatic ring is 1. The highest BCUT2D eigenvalue weighted by Gasteiger charge is 2.10. The largest absolute Gasteiger partial charge is 0.392 e. The number of hydrogen-bond acceptors (Lipinski definition) is 3. The minimum absolute atomic E-state index is 0.436. The molecule has 3 heteroatoms. The molecule has 0 aliphatic heterocycles. The molecule has 1 aromatic heterocycles. The molecule has 0 amide bonds. The van der Waals surface area contributed by atoms with Gasteiger partial charge in [0, 0.05) is 12.6 Å². The van der Waals surface area contributed by atoms with Crippen molar-refractivity contribution >= 4 is 5.82 Å². The molecule has 19 heavy (non-hydrogen) atoms. The van der Waals surface area contributed by atoms with Gasteiger partial charge in [-0.1, -0.05) is 24.3 Å². The fraction of sp³-hybridized carbons (Fsp3) is 0.312. The lowest BCUT2D eigenvalue weighted by Gasteiger charge is -2.13. The minimum atomic E-state index is -0.436. The van der Waals surface area contributed by atoms with Crippen LogP contribution in [0.4, 0.5) is 5.82 Å². The average Bonchev–Trinajstić information content (AvgIpc) is 2.37. The molecule has 0 fully saturated rings. The molecule has 0 saturated carbocycles. The van der Waals surface area contributed by atoms with E-state index in [-0.39, 0.29) is 0 Å². The molecule has 1 heterocycles. The first-order valence-corrected chi connectivity index (χ1v) is 6.50. The fourth-order valence-electron chi connectivity index (χ4n) is 2.15. The number of pyridine rings is 1. The van der Waals surface area contributed by atoms with Gasteiger partial charge in [0.15, 0.2) is 0 Å². The summed E-state index contributed by atoms with van der Waals surface area (Å²) in [5, 5.41) is 10.2. The van der Waals surface area contributed by atoms with Crippen molar-refractivity contribution in [1.82, 2.24) is 4.98 Å². The Morgan fingerprint density at radius 1 is 1.16 bits per heavy atom. The number of aliphatic hydroxyl groups excluding tert-OH is 1. The Kier molecular flexibility index (Phi) is 4.17. The zero-order valence-electron chi connectivity index (χ0n) is 11.4. The zero-order valence-corrected chi connectivity index (χ0v) is 11.4. The summed E-state index contributed by atoms with van der Waals surface area (Å²) in [6, 6.07) is 10.0. The number of rotatable bonds is 4. The van der Waals surface area contributed by atoms with Gasteiger partial charge in [0.2, 0.25) is 0 Å². The molecule has 2 aromatic rings. The van der Waals surface area contributed by atoms with Gasteiger partial charge in [-0.3, -0.25) is 0 Å². The lowest BCUT2D eigenvalue weighted by atomic mass is 9.99. The molecule has 2 rings (SSSR count). The molecule has 0 bridgehead atoms. The highest BCUT2D eigenvalue weighted by Crippen LogP contribution is 2.15. The maximum atomic E-state index is 10.2. The molecular formula is C16H20N2O. The van der Waals surface area contributed by atoms with Crippen LogP contribution in [0.25, 0.3) is 0 Å². The molecular weight excluding hydrogens is 236 g/mol. The average molecular weight is 256 g/mol. The summed E-state index contributed by atoms with van der Waals surface area (Å²) < 4.78 is 0. The summed E-state index contributed by atoms with van der Waals surface area (Å²) in [6.07, 6.45) is 2.39. The van der Waals surface area contributed by atoms with Gasteiger partial charge in [-0.05, 0) is 48.6 Å².